The van der Waals surface area contributed by atoms with E-state index in [4.69, 9.17) is 0 Å². The first-order chi connectivity index (χ1) is 9.13. The molecule has 1 N–H and O–H groups in total. The third kappa shape index (κ3) is 6.98. The standard InChI is InChI=1S/C16H26FNS/c1-4-19-11-5-6-15(12-18-13(2)3)14-7-9-16(17)10-8-14/h7-10,13,15,18H,4-6,11-12H2,1-3H3. The van der Waals surface area contributed by atoms with Gasteiger partial charge in [-0.3, -0.25) is 0 Å². The summed E-state index contributed by atoms with van der Waals surface area (Å²) in [6.07, 6.45) is 2.39. The maximum absolute atomic E-state index is 13.0. The second-order valence-electron chi connectivity index (χ2n) is 5.15. The molecule has 1 unspecified atom stereocenters. The van der Waals surface area contributed by atoms with Crippen LogP contribution in [0, 0.1) is 5.82 Å². The maximum Gasteiger partial charge on any atom is 0.123 e. The number of benzene rings is 1. The van der Waals surface area contributed by atoms with Crippen molar-refractivity contribution in [3.8, 4) is 0 Å². The highest BCUT2D eigenvalue weighted by atomic mass is 32.2. The Morgan fingerprint density at radius 1 is 1.21 bits per heavy atom. The molecule has 19 heavy (non-hydrogen) atoms. The number of halogens is 1. The normalized spacial score (nSPS) is 12.9. The highest BCUT2D eigenvalue weighted by Crippen LogP contribution is 2.22. The Labute approximate surface area is 121 Å². The van der Waals surface area contributed by atoms with Gasteiger partial charge in [-0.1, -0.05) is 32.9 Å². The van der Waals surface area contributed by atoms with E-state index in [0.717, 1.165) is 6.54 Å². The zero-order chi connectivity index (χ0) is 14.1. The molecule has 0 heterocycles. The van der Waals surface area contributed by atoms with Crippen LogP contribution in [0.15, 0.2) is 24.3 Å². The highest BCUT2D eigenvalue weighted by molar-refractivity contribution is 7.99. The molecule has 0 radical (unpaired) electrons. The van der Waals surface area contributed by atoms with Crippen molar-refractivity contribution in [3.05, 3.63) is 35.6 Å². The Morgan fingerprint density at radius 2 is 1.89 bits per heavy atom. The Kier molecular flexibility index (Phi) is 8.15. The minimum absolute atomic E-state index is 0.152. The molecule has 1 atom stereocenters. The van der Waals surface area contributed by atoms with Gasteiger partial charge in [0.25, 0.3) is 0 Å². The largest absolute Gasteiger partial charge is 0.314 e. The fourth-order valence-electron chi connectivity index (χ4n) is 2.08. The molecule has 0 fully saturated rings. The molecular weight excluding hydrogens is 257 g/mol. The van der Waals surface area contributed by atoms with E-state index in [-0.39, 0.29) is 5.82 Å². The van der Waals surface area contributed by atoms with Gasteiger partial charge in [-0.25, -0.2) is 4.39 Å². The first kappa shape index (κ1) is 16.5. The Balaban J connectivity index is 2.54. The Hall–Kier alpha value is -0.540. The van der Waals surface area contributed by atoms with E-state index >= 15 is 0 Å². The summed E-state index contributed by atoms with van der Waals surface area (Å²) in [5.74, 6) is 2.74. The van der Waals surface area contributed by atoms with Gasteiger partial charge in [0, 0.05) is 12.6 Å². The molecule has 0 amide bonds. The predicted octanol–water partition coefficient (Wildman–Crippen LogP) is 4.44. The molecule has 1 aromatic rings. The zero-order valence-corrected chi connectivity index (χ0v) is 13.1. The van der Waals surface area contributed by atoms with Crippen molar-refractivity contribution >= 4 is 11.8 Å². The van der Waals surface area contributed by atoms with Crippen molar-refractivity contribution in [2.75, 3.05) is 18.1 Å². The fraction of sp³-hybridized carbons (Fsp3) is 0.625. The van der Waals surface area contributed by atoms with Crippen LogP contribution in [0.4, 0.5) is 4.39 Å². The van der Waals surface area contributed by atoms with E-state index in [1.807, 2.05) is 23.9 Å². The molecule has 0 aliphatic heterocycles. The summed E-state index contributed by atoms with van der Waals surface area (Å²) in [6.45, 7) is 7.49. The van der Waals surface area contributed by atoms with E-state index in [1.165, 1.54) is 29.9 Å². The van der Waals surface area contributed by atoms with Crippen LogP contribution in [0.1, 0.15) is 45.1 Å². The number of hydrogen-bond acceptors (Lipinski definition) is 2. The minimum Gasteiger partial charge on any atom is -0.314 e. The molecule has 1 rings (SSSR count). The lowest BCUT2D eigenvalue weighted by molar-refractivity contribution is 0.505. The summed E-state index contributed by atoms with van der Waals surface area (Å²) in [5.41, 5.74) is 1.25. The van der Waals surface area contributed by atoms with Crippen molar-refractivity contribution in [3.63, 3.8) is 0 Å². The molecule has 1 nitrogen and oxygen atoms in total. The van der Waals surface area contributed by atoms with Gasteiger partial charge in [0.05, 0.1) is 0 Å². The van der Waals surface area contributed by atoms with E-state index in [0.29, 0.717) is 12.0 Å². The molecule has 1 aromatic carbocycles. The van der Waals surface area contributed by atoms with Crippen molar-refractivity contribution in [2.24, 2.45) is 0 Å². The van der Waals surface area contributed by atoms with Crippen LogP contribution >= 0.6 is 11.8 Å². The van der Waals surface area contributed by atoms with Gasteiger partial charge in [-0.05, 0) is 48.0 Å². The van der Waals surface area contributed by atoms with Gasteiger partial charge in [-0.15, -0.1) is 0 Å². The first-order valence-corrected chi connectivity index (χ1v) is 8.35. The summed E-state index contributed by atoms with van der Waals surface area (Å²) < 4.78 is 13.0. The number of nitrogens with one attached hydrogen (secondary N) is 1. The van der Waals surface area contributed by atoms with E-state index in [2.05, 4.69) is 26.1 Å². The van der Waals surface area contributed by atoms with Gasteiger partial charge in [-0.2, -0.15) is 11.8 Å². The van der Waals surface area contributed by atoms with E-state index < -0.39 is 0 Å². The Morgan fingerprint density at radius 3 is 2.47 bits per heavy atom. The second kappa shape index (κ2) is 9.38. The summed E-state index contributed by atoms with van der Waals surface area (Å²) in [7, 11) is 0. The van der Waals surface area contributed by atoms with Crippen LogP contribution in [0.5, 0.6) is 0 Å². The summed E-state index contributed by atoms with van der Waals surface area (Å²) in [4.78, 5) is 0. The van der Waals surface area contributed by atoms with E-state index in [9.17, 15) is 4.39 Å². The van der Waals surface area contributed by atoms with Gasteiger partial charge in [0.2, 0.25) is 0 Å². The number of hydrogen-bond donors (Lipinski definition) is 1. The van der Waals surface area contributed by atoms with E-state index in [1.54, 1.807) is 12.1 Å². The molecule has 0 spiro atoms. The molecule has 0 bridgehead atoms. The third-order valence-electron chi connectivity index (χ3n) is 3.16. The Bertz CT molecular complexity index is 337. The lowest BCUT2D eigenvalue weighted by Crippen LogP contribution is -2.28. The van der Waals surface area contributed by atoms with Crippen LogP contribution < -0.4 is 5.32 Å². The molecule has 3 heteroatoms. The lowest BCUT2D eigenvalue weighted by Gasteiger charge is -2.19. The average molecular weight is 283 g/mol. The van der Waals surface area contributed by atoms with Crippen LogP contribution in [0.3, 0.4) is 0 Å². The van der Waals surface area contributed by atoms with Crippen LogP contribution in [-0.2, 0) is 0 Å². The topological polar surface area (TPSA) is 12.0 Å². The third-order valence-corrected chi connectivity index (χ3v) is 4.14. The molecule has 0 aromatic heterocycles. The highest BCUT2D eigenvalue weighted by Gasteiger charge is 2.12. The maximum atomic E-state index is 13.0. The van der Waals surface area contributed by atoms with Crippen LogP contribution in [0.2, 0.25) is 0 Å². The summed E-state index contributed by atoms with van der Waals surface area (Å²) in [6, 6.07) is 7.48. The average Bonchev–Trinajstić information content (AvgIpc) is 2.39. The molecule has 0 saturated carbocycles. The molecular formula is C16H26FNS. The second-order valence-corrected chi connectivity index (χ2v) is 6.54. The SMILES string of the molecule is CCSCCCC(CNC(C)C)c1ccc(F)cc1. The first-order valence-electron chi connectivity index (χ1n) is 7.20. The molecule has 0 aliphatic rings. The van der Waals surface area contributed by atoms with Gasteiger partial charge >= 0.3 is 0 Å². The van der Waals surface area contributed by atoms with Gasteiger partial charge in [0.15, 0.2) is 0 Å². The summed E-state index contributed by atoms with van der Waals surface area (Å²) in [5, 5.41) is 3.50. The van der Waals surface area contributed by atoms with Gasteiger partial charge in [0.1, 0.15) is 5.82 Å². The minimum atomic E-state index is -0.152. The van der Waals surface area contributed by atoms with Crippen molar-refractivity contribution in [1.82, 2.24) is 5.32 Å². The van der Waals surface area contributed by atoms with Crippen molar-refractivity contribution < 1.29 is 4.39 Å². The van der Waals surface area contributed by atoms with Crippen LogP contribution in [-0.4, -0.2) is 24.1 Å². The fourth-order valence-corrected chi connectivity index (χ4v) is 2.74. The van der Waals surface area contributed by atoms with Crippen LogP contribution in [0.25, 0.3) is 0 Å². The van der Waals surface area contributed by atoms with Crippen molar-refractivity contribution in [1.29, 1.82) is 0 Å². The molecule has 108 valence electrons. The zero-order valence-electron chi connectivity index (χ0n) is 12.3. The van der Waals surface area contributed by atoms with Crippen molar-refractivity contribution in [2.45, 2.75) is 45.6 Å². The molecule has 0 aliphatic carbocycles. The quantitative estimate of drug-likeness (QED) is 0.672. The smallest absolute Gasteiger partial charge is 0.123 e. The molecule has 0 saturated heterocycles. The van der Waals surface area contributed by atoms with Gasteiger partial charge < -0.3 is 5.32 Å². The lowest BCUT2D eigenvalue weighted by atomic mass is 9.94. The monoisotopic (exact) mass is 283 g/mol. The predicted molar refractivity (Wildman–Crippen MR) is 84.5 cm³/mol. The number of thioether (sulfide) groups is 1. The number of rotatable bonds is 9. The summed E-state index contributed by atoms with van der Waals surface area (Å²) >= 11 is 1.99.